The van der Waals surface area contributed by atoms with Crippen LogP contribution < -0.4 is 0 Å². The van der Waals surface area contributed by atoms with Crippen LogP contribution in [0.5, 0.6) is 0 Å². The van der Waals surface area contributed by atoms with Crippen LogP contribution in [0.25, 0.3) is 11.1 Å². The molecule has 0 radical (unpaired) electrons. The molecule has 1 amide bonds. The van der Waals surface area contributed by atoms with Crippen LogP contribution in [-0.2, 0) is 0 Å². The third kappa shape index (κ3) is 2.48. The van der Waals surface area contributed by atoms with Gasteiger partial charge in [0.2, 0.25) is 0 Å². The van der Waals surface area contributed by atoms with E-state index in [-0.39, 0.29) is 5.91 Å². The molecule has 0 fully saturated rings. The van der Waals surface area contributed by atoms with Gasteiger partial charge in [0.15, 0.2) is 0 Å². The highest BCUT2D eigenvalue weighted by Crippen LogP contribution is 2.23. The van der Waals surface area contributed by atoms with E-state index in [1.165, 1.54) is 5.57 Å². The smallest absolute Gasteiger partial charge is 0.258 e. The molecule has 3 aromatic rings. The van der Waals surface area contributed by atoms with Gasteiger partial charge in [-0.15, -0.1) is 0 Å². The third-order valence-corrected chi connectivity index (χ3v) is 4.08. The number of fused-ring (bicyclic) bond motifs is 1. The summed E-state index contributed by atoms with van der Waals surface area (Å²) in [5, 5.41) is 4.20. The molecule has 4 heterocycles. The lowest BCUT2D eigenvalue weighted by molar-refractivity contribution is 0.0775. The van der Waals surface area contributed by atoms with Crippen LogP contribution in [0.2, 0.25) is 0 Å². The van der Waals surface area contributed by atoms with Crippen LogP contribution in [-0.4, -0.2) is 43.5 Å². The summed E-state index contributed by atoms with van der Waals surface area (Å²) in [6.07, 6.45) is 13.2. The van der Waals surface area contributed by atoms with Gasteiger partial charge in [0, 0.05) is 37.9 Å². The number of aromatic nitrogens is 4. The molecule has 23 heavy (non-hydrogen) atoms. The van der Waals surface area contributed by atoms with Gasteiger partial charge in [0.25, 0.3) is 5.91 Å². The summed E-state index contributed by atoms with van der Waals surface area (Å²) >= 11 is 0. The van der Waals surface area contributed by atoms with E-state index in [9.17, 15) is 4.79 Å². The first-order valence-corrected chi connectivity index (χ1v) is 7.49. The van der Waals surface area contributed by atoms with Crippen molar-refractivity contribution in [1.82, 2.24) is 24.5 Å². The van der Waals surface area contributed by atoms with Crippen molar-refractivity contribution in [3.8, 4) is 0 Å². The summed E-state index contributed by atoms with van der Waals surface area (Å²) in [4.78, 5) is 22.8. The highest BCUT2D eigenvalue weighted by molar-refractivity contribution is 6.00. The highest BCUT2D eigenvalue weighted by atomic mass is 16.2. The van der Waals surface area contributed by atoms with E-state index >= 15 is 0 Å². The maximum atomic E-state index is 12.7. The van der Waals surface area contributed by atoms with E-state index < -0.39 is 0 Å². The quantitative estimate of drug-likeness (QED) is 0.727. The Hall–Kier alpha value is -3.02. The summed E-state index contributed by atoms with van der Waals surface area (Å²) in [5.41, 5.74) is 3.69. The standard InChI is InChI=1S/C17H15N5O/c23-17(15-11-20-22-9-6-19-12-16(15)22)21-7-3-13(4-8-21)14-2-1-5-18-10-14/h1-3,5-6,9-12H,4,7-8H2. The summed E-state index contributed by atoms with van der Waals surface area (Å²) in [5.74, 6) is -0.00510. The van der Waals surface area contributed by atoms with Crippen LogP contribution in [0.1, 0.15) is 22.3 Å². The van der Waals surface area contributed by atoms with Crippen molar-refractivity contribution in [3.63, 3.8) is 0 Å². The van der Waals surface area contributed by atoms with E-state index in [1.807, 2.05) is 23.2 Å². The van der Waals surface area contributed by atoms with Gasteiger partial charge in [0.05, 0.1) is 23.5 Å². The number of nitrogens with zero attached hydrogens (tertiary/aromatic N) is 5. The Morgan fingerprint density at radius 1 is 1.13 bits per heavy atom. The predicted molar refractivity (Wildman–Crippen MR) is 85.7 cm³/mol. The van der Waals surface area contributed by atoms with E-state index in [1.54, 1.807) is 35.5 Å². The van der Waals surface area contributed by atoms with E-state index in [4.69, 9.17) is 0 Å². The lowest BCUT2D eigenvalue weighted by Crippen LogP contribution is -2.34. The molecule has 0 saturated carbocycles. The first-order chi connectivity index (χ1) is 11.3. The van der Waals surface area contributed by atoms with Crippen molar-refractivity contribution in [2.45, 2.75) is 6.42 Å². The SMILES string of the molecule is O=C(c1cnn2ccncc12)N1CC=C(c2cccnc2)CC1. The number of amides is 1. The minimum absolute atomic E-state index is 0.00510. The Labute approximate surface area is 133 Å². The summed E-state index contributed by atoms with van der Waals surface area (Å²) in [7, 11) is 0. The molecule has 6 heteroatoms. The Bertz CT molecular complexity index is 884. The summed E-state index contributed by atoms with van der Waals surface area (Å²) in [6.45, 7) is 1.29. The predicted octanol–water partition coefficient (Wildman–Crippen LogP) is 2.05. The molecular weight excluding hydrogens is 290 g/mol. The number of hydrogen-bond acceptors (Lipinski definition) is 4. The molecule has 0 saturated heterocycles. The number of rotatable bonds is 2. The van der Waals surface area contributed by atoms with Gasteiger partial charge in [0.1, 0.15) is 0 Å². The average molecular weight is 305 g/mol. The second-order valence-electron chi connectivity index (χ2n) is 5.44. The molecule has 0 N–H and O–H groups in total. The zero-order valence-electron chi connectivity index (χ0n) is 12.5. The highest BCUT2D eigenvalue weighted by Gasteiger charge is 2.22. The average Bonchev–Trinajstić information content (AvgIpc) is 3.06. The van der Waals surface area contributed by atoms with Crippen molar-refractivity contribution in [2.75, 3.05) is 13.1 Å². The Morgan fingerprint density at radius 2 is 2.04 bits per heavy atom. The van der Waals surface area contributed by atoms with Crippen LogP contribution in [0.15, 0.2) is 55.4 Å². The van der Waals surface area contributed by atoms with E-state index in [0.717, 1.165) is 17.5 Å². The third-order valence-electron chi connectivity index (χ3n) is 4.08. The number of carbonyl (C=O) groups excluding carboxylic acids is 1. The first-order valence-electron chi connectivity index (χ1n) is 7.49. The normalized spacial score (nSPS) is 14.8. The fraction of sp³-hybridized carbons (Fsp3) is 0.176. The number of hydrogen-bond donors (Lipinski definition) is 0. The summed E-state index contributed by atoms with van der Waals surface area (Å²) < 4.78 is 1.67. The van der Waals surface area contributed by atoms with Crippen molar-refractivity contribution in [1.29, 1.82) is 0 Å². The fourth-order valence-electron chi connectivity index (χ4n) is 2.84. The molecule has 4 rings (SSSR count). The van der Waals surface area contributed by atoms with Gasteiger partial charge in [-0.2, -0.15) is 5.10 Å². The molecule has 0 atom stereocenters. The second kappa shape index (κ2) is 5.64. The van der Waals surface area contributed by atoms with Crippen molar-refractivity contribution in [3.05, 3.63) is 66.5 Å². The topological polar surface area (TPSA) is 63.4 Å². The van der Waals surface area contributed by atoms with Crippen LogP contribution >= 0.6 is 0 Å². The second-order valence-corrected chi connectivity index (χ2v) is 5.44. The van der Waals surface area contributed by atoms with Gasteiger partial charge in [-0.1, -0.05) is 12.1 Å². The Morgan fingerprint density at radius 3 is 2.83 bits per heavy atom. The number of carbonyl (C=O) groups is 1. The molecule has 0 unspecified atom stereocenters. The first kappa shape index (κ1) is 13.6. The lowest BCUT2D eigenvalue weighted by Gasteiger charge is -2.26. The molecule has 114 valence electrons. The number of pyridine rings is 1. The largest absolute Gasteiger partial charge is 0.334 e. The van der Waals surface area contributed by atoms with Crippen molar-refractivity contribution >= 4 is 17.0 Å². The maximum absolute atomic E-state index is 12.7. The van der Waals surface area contributed by atoms with E-state index in [2.05, 4.69) is 21.1 Å². The van der Waals surface area contributed by atoms with Crippen LogP contribution in [0.4, 0.5) is 0 Å². The zero-order chi connectivity index (χ0) is 15.6. The zero-order valence-corrected chi connectivity index (χ0v) is 12.5. The monoisotopic (exact) mass is 305 g/mol. The molecule has 1 aliphatic rings. The van der Waals surface area contributed by atoms with Crippen LogP contribution in [0, 0.1) is 0 Å². The molecule has 1 aliphatic heterocycles. The Kier molecular flexibility index (Phi) is 3.34. The molecular formula is C17H15N5O. The molecule has 0 aliphatic carbocycles. The van der Waals surface area contributed by atoms with Gasteiger partial charge < -0.3 is 4.90 Å². The Balaban J connectivity index is 1.56. The van der Waals surface area contributed by atoms with Gasteiger partial charge in [-0.05, 0) is 23.6 Å². The van der Waals surface area contributed by atoms with Gasteiger partial charge in [-0.25, -0.2) is 4.52 Å². The molecule has 6 nitrogen and oxygen atoms in total. The van der Waals surface area contributed by atoms with Crippen LogP contribution in [0.3, 0.4) is 0 Å². The molecule has 0 aromatic carbocycles. The molecule has 3 aromatic heterocycles. The van der Waals surface area contributed by atoms with Crippen molar-refractivity contribution in [2.24, 2.45) is 0 Å². The minimum Gasteiger partial charge on any atom is -0.334 e. The molecule has 0 bridgehead atoms. The van der Waals surface area contributed by atoms with Crippen molar-refractivity contribution < 1.29 is 4.79 Å². The minimum atomic E-state index is -0.00510. The van der Waals surface area contributed by atoms with E-state index in [0.29, 0.717) is 18.7 Å². The molecule has 0 spiro atoms. The summed E-state index contributed by atoms with van der Waals surface area (Å²) in [6, 6.07) is 3.98. The fourth-order valence-corrected chi connectivity index (χ4v) is 2.84. The maximum Gasteiger partial charge on any atom is 0.258 e. The lowest BCUT2D eigenvalue weighted by atomic mass is 10.0. The van der Waals surface area contributed by atoms with Gasteiger partial charge >= 0.3 is 0 Å². The van der Waals surface area contributed by atoms with Gasteiger partial charge in [-0.3, -0.25) is 14.8 Å².